The molecular formula is C27H38ClN3O3. The number of benzene rings is 2. The van der Waals surface area contributed by atoms with E-state index < -0.39 is 5.97 Å². The minimum atomic E-state index is -0.876. The summed E-state index contributed by atoms with van der Waals surface area (Å²) in [6.07, 6.45) is 2.40. The van der Waals surface area contributed by atoms with Gasteiger partial charge in [-0.15, -0.1) is 12.4 Å². The lowest BCUT2D eigenvalue weighted by Crippen LogP contribution is -2.55. The number of piperazine rings is 1. The van der Waals surface area contributed by atoms with Crippen LogP contribution < -0.4 is 10.1 Å². The second-order valence-corrected chi connectivity index (χ2v) is 9.71. The van der Waals surface area contributed by atoms with Gasteiger partial charge in [0.2, 0.25) is 0 Å². The first-order chi connectivity index (χ1) is 16.0. The Balaban J connectivity index is 0.00000324. The largest absolute Gasteiger partial charge is 0.493 e. The average molecular weight is 488 g/mol. The van der Waals surface area contributed by atoms with Crippen molar-refractivity contribution in [2.24, 2.45) is 5.92 Å². The van der Waals surface area contributed by atoms with Crippen molar-refractivity contribution in [3.63, 3.8) is 0 Å². The second kappa shape index (κ2) is 12.5. The monoisotopic (exact) mass is 487 g/mol. The van der Waals surface area contributed by atoms with Crippen LogP contribution in [-0.2, 0) is 13.1 Å². The number of nitrogens with one attached hydrogen (secondary N) is 1. The number of nitrogens with zero attached hydrogens (tertiary/aromatic N) is 2. The molecule has 0 bridgehead atoms. The first-order valence-electron chi connectivity index (χ1n) is 12.2. The molecule has 7 heteroatoms. The smallest absolute Gasteiger partial charge is 0.335 e. The zero-order chi connectivity index (χ0) is 23.2. The Bertz CT molecular complexity index is 888. The molecule has 0 aliphatic carbocycles. The van der Waals surface area contributed by atoms with Crippen molar-refractivity contribution in [2.75, 3.05) is 32.8 Å². The summed E-state index contributed by atoms with van der Waals surface area (Å²) in [7, 11) is 0. The molecule has 34 heavy (non-hydrogen) atoms. The summed E-state index contributed by atoms with van der Waals surface area (Å²) in [5, 5.41) is 12.5. The number of ether oxygens (including phenoxy) is 1. The Kier molecular flexibility index (Phi) is 9.77. The van der Waals surface area contributed by atoms with Crippen LogP contribution >= 0.6 is 12.4 Å². The fourth-order valence-electron chi connectivity index (χ4n) is 5.08. The first kappa shape index (κ1) is 26.5. The van der Waals surface area contributed by atoms with Gasteiger partial charge in [-0.25, -0.2) is 4.79 Å². The van der Waals surface area contributed by atoms with Gasteiger partial charge in [0.1, 0.15) is 5.75 Å². The number of carboxylic acids is 1. The van der Waals surface area contributed by atoms with Gasteiger partial charge in [-0.05, 0) is 81.1 Å². The first-order valence-corrected chi connectivity index (χ1v) is 12.2. The van der Waals surface area contributed by atoms with Crippen LogP contribution in [0.3, 0.4) is 0 Å². The van der Waals surface area contributed by atoms with E-state index >= 15 is 0 Å². The minimum absolute atomic E-state index is 0. The van der Waals surface area contributed by atoms with E-state index in [2.05, 4.69) is 53.2 Å². The number of carbonyl (C=O) groups is 1. The lowest BCUT2D eigenvalue weighted by atomic mass is 9.99. The van der Waals surface area contributed by atoms with Gasteiger partial charge in [0.05, 0.1) is 12.2 Å². The van der Waals surface area contributed by atoms with Gasteiger partial charge < -0.3 is 15.2 Å². The Morgan fingerprint density at radius 3 is 2.09 bits per heavy atom. The lowest BCUT2D eigenvalue weighted by molar-refractivity contribution is 0.0290. The lowest BCUT2D eigenvalue weighted by Gasteiger charge is -2.44. The van der Waals surface area contributed by atoms with Crippen LogP contribution in [0.25, 0.3) is 0 Å². The second-order valence-electron chi connectivity index (χ2n) is 9.71. The van der Waals surface area contributed by atoms with E-state index in [1.807, 2.05) is 12.1 Å². The molecule has 2 saturated heterocycles. The van der Waals surface area contributed by atoms with Crippen molar-refractivity contribution in [2.45, 2.75) is 51.9 Å². The van der Waals surface area contributed by atoms with Crippen LogP contribution in [0.2, 0.25) is 0 Å². The zero-order valence-corrected chi connectivity index (χ0v) is 21.1. The molecule has 0 radical (unpaired) electrons. The minimum Gasteiger partial charge on any atom is -0.493 e. The van der Waals surface area contributed by atoms with Gasteiger partial charge in [-0.1, -0.05) is 24.3 Å². The molecule has 0 unspecified atom stereocenters. The Morgan fingerprint density at radius 1 is 0.941 bits per heavy atom. The zero-order valence-electron chi connectivity index (χ0n) is 20.3. The molecule has 2 aromatic rings. The number of halogens is 1. The van der Waals surface area contributed by atoms with Crippen molar-refractivity contribution in [3.05, 3.63) is 65.2 Å². The molecule has 0 amide bonds. The summed E-state index contributed by atoms with van der Waals surface area (Å²) >= 11 is 0. The van der Waals surface area contributed by atoms with Gasteiger partial charge in [-0.2, -0.15) is 0 Å². The van der Waals surface area contributed by atoms with E-state index in [0.29, 0.717) is 23.6 Å². The fourth-order valence-corrected chi connectivity index (χ4v) is 5.08. The van der Waals surface area contributed by atoms with Crippen LogP contribution in [0.15, 0.2) is 48.5 Å². The van der Waals surface area contributed by atoms with Gasteiger partial charge >= 0.3 is 5.97 Å². The van der Waals surface area contributed by atoms with Crippen molar-refractivity contribution in [1.29, 1.82) is 0 Å². The van der Waals surface area contributed by atoms with Crippen LogP contribution in [0.5, 0.6) is 5.75 Å². The van der Waals surface area contributed by atoms with Gasteiger partial charge in [0, 0.05) is 38.3 Å². The maximum Gasteiger partial charge on any atom is 0.335 e. The van der Waals surface area contributed by atoms with Gasteiger partial charge in [0.25, 0.3) is 0 Å². The molecule has 0 aromatic heterocycles. The molecule has 2 atom stereocenters. The van der Waals surface area contributed by atoms with Crippen molar-refractivity contribution in [3.8, 4) is 5.75 Å². The average Bonchev–Trinajstić information content (AvgIpc) is 2.82. The summed E-state index contributed by atoms with van der Waals surface area (Å²) in [6.45, 7) is 11.4. The highest BCUT2D eigenvalue weighted by Crippen LogP contribution is 2.23. The number of hydrogen-bond acceptors (Lipinski definition) is 5. The quantitative estimate of drug-likeness (QED) is 0.579. The van der Waals surface area contributed by atoms with Crippen LogP contribution in [0.1, 0.15) is 48.2 Å². The molecular weight excluding hydrogens is 450 g/mol. The standard InChI is InChI=1S/C27H37N3O3.ClH/c1-20-15-29(17-22-3-7-25(8-4-22)27(31)32)16-21(2)30(20)18-23-5-9-26(10-6-23)33-19-24-11-13-28-14-12-24;/h3-10,20-21,24,28H,11-19H2,1-2H3,(H,31,32);1H/t20-,21+;. The van der Waals surface area contributed by atoms with E-state index in [4.69, 9.17) is 9.84 Å². The Labute approximate surface area is 209 Å². The third-order valence-electron chi connectivity index (χ3n) is 7.02. The SMILES string of the molecule is C[C@@H]1CN(Cc2ccc(C(=O)O)cc2)C[C@H](C)N1Cc1ccc(OCC2CCNCC2)cc1.Cl. The fraction of sp³-hybridized carbons (Fsp3) is 0.519. The molecule has 2 aliphatic rings. The van der Waals surface area contributed by atoms with E-state index in [-0.39, 0.29) is 12.4 Å². The maximum absolute atomic E-state index is 11.1. The Hall–Kier alpha value is -2.12. The molecule has 2 heterocycles. The van der Waals surface area contributed by atoms with Crippen LogP contribution in [-0.4, -0.2) is 65.7 Å². The van der Waals surface area contributed by atoms with E-state index in [1.165, 1.54) is 18.4 Å². The van der Waals surface area contributed by atoms with Gasteiger partial charge in [0.15, 0.2) is 0 Å². The van der Waals surface area contributed by atoms with Crippen LogP contribution in [0, 0.1) is 5.92 Å². The highest BCUT2D eigenvalue weighted by atomic mass is 35.5. The molecule has 186 valence electrons. The third kappa shape index (κ3) is 7.19. The summed E-state index contributed by atoms with van der Waals surface area (Å²) in [5.41, 5.74) is 2.82. The number of rotatable bonds is 8. The van der Waals surface area contributed by atoms with E-state index in [0.717, 1.165) is 57.2 Å². The Morgan fingerprint density at radius 2 is 1.50 bits per heavy atom. The number of hydrogen-bond donors (Lipinski definition) is 2. The van der Waals surface area contributed by atoms with Gasteiger partial charge in [-0.3, -0.25) is 9.80 Å². The molecule has 2 N–H and O–H groups in total. The molecule has 2 aliphatic heterocycles. The van der Waals surface area contributed by atoms with E-state index in [1.54, 1.807) is 12.1 Å². The maximum atomic E-state index is 11.1. The number of carboxylic acid groups (broad SMARTS) is 1. The molecule has 4 rings (SSSR count). The predicted octanol–water partition coefficient (Wildman–Crippen LogP) is 4.28. The summed E-state index contributed by atoms with van der Waals surface area (Å²) in [5.74, 6) is 0.759. The predicted molar refractivity (Wildman–Crippen MR) is 138 cm³/mol. The molecule has 6 nitrogen and oxygen atoms in total. The van der Waals surface area contributed by atoms with Crippen LogP contribution in [0.4, 0.5) is 0 Å². The van der Waals surface area contributed by atoms with Crippen molar-refractivity contribution >= 4 is 18.4 Å². The summed E-state index contributed by atoms with van der Waals surface area (Å²) in [6, 6.07) is 16.8. The normalized spacial score (nSPS) is 22.2. The summed E-state index contributed by atoms with van der Waals surface area (Å²) in [4.78, 5) is 16.1. The molecule has 0 saturated carbocycles. The van der Waals surface area contributed by atoms with Crippen molar-refractivity contribution in [1.82, 2.24) is 15.1 Å². The molecule has 0 spiro atoms. The third-order valence-corrected chi connectivity index (χ3v) is 7.02. The highest BCUT2D eigenvalue weighted by Gasteiger charge is 2.29. The van der Waals surface area contributed by atoms with Crippen molar-refractivity contribution < 1.29 is 14.6 Å². The number of piperidine rings is 1. The van der Waals surface area contributed by atoms with E-state index in [9.17, 15) is 4.79 Å². The molecule has 2 fully saturated rings. The summed E-state index contributed by atoms with van der Waals surface area (Å²) < 4.78 is 6.04. The topological polar surface area (TPSA) is 65.0 Å². The highest BCUT2D eigenvalue weighted by molar-refractivity contribution is 5.87. The molecule has 2 aromatic carbocycles. The number of aromatic carboxylic acids is 1.